The first-order valence-corrected chi connectivity index (χ1v) is 11.5. The summed E-state index contributed by atoms with van der Waals surface area (Å²) in [6.45, 7) is 3.26. The third-order valence-electron chi connectivity index (χ3n) is 3.58. The van der Waals surface area contributed by atoms with Gasteiger partial charge in [-0.1, -0.05) is 11.6 Å². The Kier molecular flexibility index (Phi) is 8.48. The third-order valence-corrected chi connectivity index (χ3v) is 8.66. The number of benzene rings is 2. The Morgan fingerprint density at radius 1 is 1.03 bits per heavy atom. The number of carbonyl (C=O) groups is 3. The molecule has 2 N–H and O–H groups in total. The van der Waals surface area contributed by atoms with Crippen molar-refractivity contribution in [2.24, 2.45) is 0 Å². The van der Waals surface area contributed by atoms with E-state index in [-0.39, 0.29) is 36.3 Å². The maximum atomic E-state index is 14.4. The number of halogens is 6. The predicted molar refractivity (Wildman–Crippen MR) is 124 cm³/mol. The molecule has 160 valence electrons. The van der Waals surface area contributed by atoms with Crippen LogP contribution in [-0.2, 0) is 4.74 Å². The number of carboxylic acids is 1. The van der Waals surface area contributed by atoms with Gasteiger partial charge < -0.3 is 15.2 Å². The number of carboxylic acid groups (broad SMARTS) is 1. The number of ether oxygens (including phenoxy) is 1. The SMILES string of the molecule is CC(C)OC(=O)c1cc(NC(=O)c2c(Br)c(Br)c(Br)c(Br)c2C(=O)O)c(F)cc1Cl. The smallest absolute Gasteiger partial charge is 0.339 e. The maximum absolute atomic E-state index is 14.4. The van der Waals surface area contributed by atoms with Crippen molar-refractivity contribution in [2.45, 2.75) is 20.0 Å². The number of hydrogen-bond donors (Lipinski definition) is 2. The molecule has 2 rings (SSSR count). The summed E-state index contributed by atoms with van der Waals surface area (Å²) >= 11 is 18.7. The van der Waals surface area contributed by atoms with Crippen LogP contribution in [0, 0.1) is 5.82 Å². The molecule has 30 heavy (non-hydrogen) atoms. The topological polar surface area (TPSA) is 92.7 Å². The highest BCUT2D eigenvalue weighted by Gasteiger charge is 2.29. The van der Waals surface area contributed by atoms with Crippen molar-refractivity contribution in [3.63, 3.8) is 0 Å². The van der Waals surface area contributed by atoms with E-state index < -0.39 is 29.8 Å². The monoisotopic (exact) mass is 691 g/mol. The lowest BCUT2D eigenvalue weighted by Gasteiger charge is -2.16. The van der Waals surface area contributed by atoms with Crippen LogP contribution in [0.1, 0.15) is 44.9 Å². The summed E-state index contributed by atoms with van der Waals surface area (Å²) < 4.78 is 20.4. The van der Waals surface area contributed by atoms with Crippen molar-refractivity contribution in [1.29, 1.82) is 0 Å². The van der Waals surface area contributed by atoms with Crippen LogP contribution >= 0.6 is 75.3 Å². The van der Waals surface area contributed by atoms with Gasteiger partial charge in [0.1, 0.15) is 5.82 Å². The highest BCUT2D eigenvalue weighted by molar-refractivity contribution is 9.15. The molecular formula is C18H11Br4ClFNO5. The first-order valence-electron chi connectivity index (χ1n) is 7.97. The normalized spacial score (nSPS) is 10.8. The molecule has 0 atom stereocenters. The van der Waals surface area contributed by atoms with E-state index in [0.29, 0.717) is 8.95 Å². The Balaban J connectivity index is 2.56. The highest BCUT2D eigenvalue weighted by Crippen LogP contribution is 2.42. The molecule has 0 aliphatic rings. The van der Waals surface area contributed by atoms with Gasteiger partial charge in [0.2, 0.25) is 0 Å². The molecule has 0 aliphatic carbocycles. The van der Waals surface area contributed by atoms with E-state index in [2.05, 4.69) is 69.0 Å². The van der Waals surface area contributed by atoms with Crippen molar-refractivity contribution in [3.8, 4) is 0 Å². The van der Waals surface area contributed by atoms with Crippen LogP contribution in [-0.4, -0.2) is 29.1 Å². The van der Waals surface area contributed by atoms with Gasteiger partial charge in [0.15, 0.2) is 0 Å². The van der Waals surface area contributed by atoms with Gasteiger partial charge in [-0.25, -0.2) is 14.0 Å². The van der Waals surface area contributed by atoms with Crippen molar-refractivity contribution >= 4 is 98.9 Å². The number of anilines is 1. The minimum atomic E-state index is -1.39. The molecule has 0 heterocycles. The van der Waals surface area contributed by atoms with Crippen LogP contribution in [0.4, 0.5) is 10.1 Å². The van der Waals surface area contributed by atoms with Crippen LogP contribution in [0.25, 0.3) is 0 Å². The summed E-state index contributed by atoms with van der Waals surface area (Å²) in [5.41, 5.74) is -1.16. The van der Waals surface area contributed by atoms with E-state index in [1.807, 2.05) is 0 Å². The maximum Gasteiger partial charge on any atom is 0.339 e. The van der Waals surface area contributed by atoms with Gasteiger partial charge in [-0.05, 0) is 89.7 Å². The standard InChI is InChI=1S/C18H11Br4ClFNO5/c1-5(2)30-18(29)6-3-9(8(24)4-7(6)23)25-16(26)10-11(17(27)28)13(20)15(22)14(21)12(10)19/h3-5H,1-2H3,(H,25,26)(H,27,28). The van der Waals surface area contributed by atoms with Gasteiger partial charge in [-0.2, -0.15) is 0 Å². The number of amides is 1. The summed E-state index contributed by atoms with van der Waals surface area (Å²) in [7, 11) is 0. The largest absolute Gasteiger partial charge is 0.478 e. The van der Waals surface area contributed by atoms with E-state index >= 15 is 0 Å². The number of rotatable bonds is 5. The molecule has 0 unspecified atom stereocenters. The molecular weight excluding hydrogens is 684 g/mol. The van der Waals surface area contributed by atoms with Crippen molar-refractivity contribution < 1.29 is 28.6 Å². The lowest BCUT2D eigenvalue weighted by atomic mass is 10.1. The Labute approximate surface area is 209 Å². The molecule has 0 saturated carbocycles. The minimum absolute atomic E-state index is 0.105. The van der Waals surface area contributed by atoms with Crippen molar-refractivity contribution in [3.05, 3.63) is 57.6 Å². The van der Waals surface area contributed by atoms with Gasteiger partial charge in [-0.15, -0.1) is 0 Å². The number of hydrogen-bond acceptors (Lipinski definition) is 4. The fraction of sp³-hybridized carbons (Fsp3) is 0.167. The Bertz CT molecular complexity index is 1080. The van der Waals surface area contributed by atoms with Crippen molar-refractivity contribution in [2.75, 3.05) is 5.32 Å². The second-order valence-electron chi connectivity index (χ2n) is 6.03. The minimum Gasteiger partial charge on any atom is -0.478 e. The van der Waals surface area contributed by atoms with Crippen LogP contribution in [0.15, 0.2) is 30.0 Å². The van der Waals surface area contributed by atoms with Crippen LogP contribution in [0.3, 0.4) is 0 Å². The van der Waals surface area contributed by atoms with E-state index in [1.54, 1.807) is 13.8 Å². The number of esters is 1. The first-order chi connectivity index (χ1) is 13.9. The van der Waals surface area contributed by atoms with E-state index in [0.717, 1.165) is 12.1 Å². The van der Waals surface area contributed by atoms with E-state index in [4.69, 9.17) is 16.3 Å². The van der Waals surface area contributed by atoms with E-state index in [9.17, 15) is 23.9 Å². The lowest BCUT2D eigenvalue weighted by molar-refractivity contribution is 0.0377. The Hall–Kier alpha value is -1.01. The third kappa shape index (κ3) is 5.24. The Morgan fingerprint density at radius 2 is 1.57 bits per heavy atom. The Morgan fingerprint density at radius 3 is 2.07 bits per heavy atom. The van der Waals surface area contributed by atoms with Crippen LogP contribution < -0.4 is 5.32 Å². The van der Waals surface area contributed by atoms with Gasteiger partial charge in [0, 0.05) is 17.9 Å². The zero-order chi connectivity index (χ0) is 22.9. The molecule has 1 amide bonds. The number of nitrogens with one attached hydrogen (secondary N) is 1. The fourth-order valence-corrected chi connectivity index (χ4v) is 5.00. The highest BCUT2D eigenvalue weighted by atomic mass is 79.9. The average molecular weight is 695 g/mol. The van der Waals surface area contributed by atoms with Crippen LogP contribution in [0.5, 0.6) is 0 Å². The molecule has 0 spiro atoms. The number of carbonyl (C=O) groups excluding carboxylic acids is 2. The molecule has 2 aromatic carbocycles. The molecule has 0 bridgehead atoms. The zero-order valence-corrected chi connectivity index (χ0v) is 22.2. The van der Waals surface area contributed by atoms with Gasteiger partial charge in [0.25, 0.3) is 5.91 Å². The second kappa shape index (κ2) is 10.1. The lowest BCUT2D eigenvalue weighted by Crippen LogP contribution is -2.20. The van der Waals surface area contributed by atoms with Crippen molar-refractivity contribution in [1.82, 2.24) is 0 Å². The fourth-order valence-electron chi connectivity index (χ4n) is 2.31. The summed E-state index contributed by atoms with van der Waals surface area (Å²) in [6.07, 6.45) is -0.441. The second-order valence-corrected chi connectivity index (χ2v) is 9.61. The molecule has 0 aromatic heterocycles. The summed E-state index contributed by atoms with van der Waals surface area (Å²) in [5.74, 6) is -4.04. The zero-order valence-electron chi connectivity index (χ0n) is 15.1. The predicted octanol–water partition coefficient (Wildman–Crippen LogP) is 7.04. The molecule has 0 fully saturated rings. The van der Waals surface area contributed by atoms with Gasteiger partial charge in [0.05, 0.1) is 33.5 Å². The summed E-state index contributed by atoms with van der Waals surface area (Å²) in [4.78, 5) is 36.8. The molecule has 2 aromatic rings. The molecule has 0 saturated heterocycles. The van der Waals surface area contributed by atoms with Gasteiger partial charge in [-0.3, -0.25) is 4.79 Å². The number of aromatic carboxylic acids is 1. The molecule has 0 aliphatic heterocycles. The van der Waals surface area contributed by atoms with Crippen LogP contribution in [0.2, 0.25) is 5.02 Å². The summed E-state index contributed by atoms with van der Waals surface area (Å²) in [5, 5.41) is 11.7. The summed E-state index contributed by atoms with van der Waals surface area (Å²) in [6, 6.07) is 1.88. The molecule has 12 heteroatoms. The van der Waals surface area contributed by atoms with E-state index in [1.165, 1.54) is 0 Å². The quantitative estimate of drug-likeness (QED) is 0.199. The van der Waals surface area contributed by atoms with Gasteiger partial charge >= 0.3 is 11.9 Å². The average Bonchev–Trinajstić information content (AvgIpc) is 2.63. The first kappa shape index (κ1) is 25.3. The molecule has 6 nitrogen and oxygen atoms in total. The molecule has 0 radical (unpaired) electrons.